The van der Waals surface area contributed by atoms with Gasteiger partial charge in [0, 0.05) is 6.20 Å². The predicted molar refractivity (Wildman–Crippen MR) is 43.7 cm³/mol. The molecule has 0 amide bonds. The number of halogens is 6. The maximum Gasteiger partial charge on any atom is 0.573 e. The number of H-pyrrole nitrogens is 1. The lowest BCUT2D eigenvalue weighted by Gasteiger charge is -2.10. The molecule has 0 fully saturated rings. The van der Waals surface area contributed by atoms with Crippen LogP contribution in [0.1, 0.15) is 12.0 Å². The minimum Gasteiger partial charge on any atom is -0.398 e. The lowest BCUT2D eigenvalue weighted by molar-refractivity contribution is -0.275. The van der Waals surface area contributed by atoms with E-state index in [0.717, 1.165) is 0 Å². The summed E-state index contributed by atoms with van der Waals surface area (Å²) in [5.41, 5.74) is -2.75. The van der Waals surface area contributed by atoms with E-state index >= 15 is 0 Å². The van der Waals surface area contributed by atoms with Crippen molar-refractivity contribution in [1.82, 2.24) is 4.98 Å². The molecule has 1 rings (SSSR count). The standard InChI is InChI=1S/C7H3ClF5NO2/c8-5-4(16-7(11,12)13)3(15)2(1-14-5)6(9)10/h1,6H,(H,14,15). The summed E-state index contributed by atoms with van der Waals surface area (Å²) in [5.74, 6) is -1.40. The molecule has 0 aliphatic carbocycles. The van der Waals surface area contributed by atoms with Crippen LogP contribution in [0.4, 0.5) is 22.0 Å². The molecule has 0 unspecified atom stereocenters. The van der Waals surface area contributed by atoms with Gasteiger partial charge in [0.2, 0.25) is 11.2 Å². The molecule has 0 saturated heterocycles. The summed E-state index contributed by atoms with van der Waals surface area (Å²) in [4.78, 5) is 13.0. The van der Waals surface area contributed by atoms with E-state index in [9.17, 15) is 26.7 Å². The number of alkyl halides is 5. The molecule has 90 valence electrons. The van der Waals surface area contributed by atoms with Crippen molar-refractivity contribution in [1.29, 1.82) is 0 Å². The van der Waals surface area contributed by atoms with Gasteiger partial charge in [0.05, 0.1) is 5.56 Å². The van der Waals surface area contributed by atoms with E-state index < -0.39 is 34.7 Å². The first kappa shape index (κ1) is 12.8. The number of rotatable bonds is 2. The first-order valence-electron chi connectivity index (χ1n) is 3.67. The Morgan fingerprint density at radius 1 is 1.38 bits per heavy atom. The molecule has 1 heterocycles. The average Bonchev–Trinajstić information content (AvgIpc) is 2.10. The summed E-state index contributed by atoms with van der Waals surface area (Å²) >= 11 is 5.19. The molecule has 0 radical (unpaired) electrons. The molecule has 1 aromatic rings. The monoisotopic (exact) mass is 263 g/mol. The van der Waals surface area contributed by atoms with E-state index in [4.69, 9.17) is 11.6 Å². The quantitative estimate of drug-likeness (QED) is 0.658. The number of aromatic amines is 1. The fraction of sp³-hybridized carbons (Fsp3) is 0.286. The van der Waals surface area contributed by atoms with Gasteiger partial charge in [0.25, 0.3) is 6.43 Å². The molecule has 0 aromatic carbocycles. The van der Waals surface area contributed by atoms with Crippen molar-refractivity contribution in [2.45, 2.75) is 12.8 Å². The normalized spacial score (nSPS) is 11.9. The zero-order valence-electron chi connectivity index (χ0n) is 7.24. The van der Waals surface area contributed by atoms with Crippen molar-refractivity contribution < 1.29 is 26.7 Å². The van der Waals surface area contributed by atoms with Crippen LogP contribution in [-0.4, -0.2) is 11.3 Å². The topological polar surface area (TPSA) is 42.1 Å². The lowest BCUT2D eigenvalue weighted by Crippen LogP contribution is -2.24. The first-order valence-corrected chi connectivity index (χ1v) is 4.05. The zero-order chi connectivity index (χ0) is 12.5. The molecule has 0 aliphatic heterocycles. The van der Waals surface area contributed by atoms with Crippen LogP contribution in [-0.2, 0) is 0 Å². The second kappa shape index (κ2) is 4.28. The SMILES string of the molecule is O=c1c(C(F)F)c[nH]c(Cl)c1OC(F)(F)F. The number of aromatic nitrogens is 1. The van der Waals surface area contributed by atoms with Crippen molar-refractivity contribution in [3.63, 3.8) is 0 Å². The van der Waals surface area contributed by atoms with Gasteiger partial charge in [-0.05, 0) is 0 Å². The van der Waals surface area contributed by atoms with Crippen LogP contribution in [0.15, 0.2) is 11.0 Å². The molecule has 0 saturated carbocycles. The van der Waals surface area contributed by atoms with E-state index in [1.165, 1.54) is 0 Å². The van der Waals surface area contributed by atoms with Gasteiger partial charge in [-0.25, -0.2) is 8.78 Å². The number of ether oxygens (including phenoxy) is 1. The van der Waals surface area contributed by atoms with Gasteiger partial charge in [-0.15, -0.1) is 13.2 Å². The van der Waals surface area contributed by atoms with E-state index in [1.54, 1.807) is 0 Å². The highest BCUT2D eigenvalue weighted by Crippen LogP contribution is 2.27. The number of hydrogen-bond acceptors (Lipinski definition) is 2. The van der Waals surface area contributed by atoms with Gasteiger partial charge in [-0.1, -0.05) is 11.6 Å². The molecule has 0 atom stereocenters. The van der Waals surface area contributed by atoms with Gasteiger partial charge in [-0.2, -0.15) is 0 Å². The largest absolute Gasteiger partial charge is 0.573 e. The summed E-state index contributed by atoms with van der Waals surface area (Å²) in [6.07, 6.45) is -7.88. The van der Waals surface area contributed by atoms with Crippen LogP contribution >= 0.6 is 11.6 Å². The lowest BCUT2D eigenvalue weighted by atomic mass is 10.3. The highest BCUT2D eigenvalue weighted by Gasteiger charge is 2.34. The molecule has 0 bridgehead atoms. The fourth-order valence-corrected chi connectivity index (χ4v) is 1.05. The van der Waals surface area contributed by atoms with Crippen LogP contribution in [0.3, 0.4) is 0 Å². The highest BCUT2D eigenvalue weighted by atomic mass is 35.5. The van der Waals surface area contributed by atoms with E-state index in [2.05, 4.69) is 4.74 Å². The second-order valence-corrected chi connectivity index (χ2v) is 2.94. The number of hydrogen-bond donors (Lipinski definition) is 1. The summed E-state index contributed by atoms with van der Waals surface area (Å²) in [7, 11) is 0. The summed E-state index contributed by atoms with van der Waals surface area (Å²) < 4.78 is 63.0. The maximum atomic E-state index is 12.2. The Balaban J connectivity index is 3.28. The maximum absolute atomic E-state index is 12.2. The van der Waals surface area contributed by atoms with Gasteiger partial charge in [-0.3, -0.25) is 4.79 Å². The van der Waals surface area contributed by atoms with Gasteiger partial charge < -0.3 is 9.72 Å². The molecular weight excluding hydrogens is 261 g/mol. The molecular formula is C7H3ClF5NO2. The van der Waals surface area contributed by atoms with Crippen LogP contribution in [0.5, 0.6) is 5.75 Å². The number of pyridine rings is 1. The average molecular weight is 264 g/mol. The van der Waals surface area contributed by atoms with Crippen LogP contribution in [0, 0.1) is 0 Å². The Hall–Kier alpha value is -1.31. The molecule has 0 aliphatic rings. The Labute approximate surface area is 89.8 Å². The van der Waals surface area contributed by atoms with Crippen LogP contribution in [0.2, 0.25) is 5.15 Å². The van der Waals surface area contributed by atoms with Crippen LogP contribution in [0.25, 0.3) is 0 Å². The molecule has 3 nitrogen and oxygen atoms in total. The summed E-state index contributed by atoms with van der Waals surface area (Å²) in [6, 6.07) is 0. The molecule has 1 aromatic heterocycles. The molecule has 0 spiro atoms. The summed E-state index contributed by atoms with van der Waals surface area (Å²) in [6.45, 7) is 0. The first-order chi connectivity index (χ1) is 7.22. The van der Waals surface area contributed by atoms with E-state index in [0.29, 0.717) is 6.20 Å². The third-order valence-electron chi connectivity index (χ3n) is 1.48. The minimum absolute atomic E-state index is 0.526. The smallest absolute Gasteiger partial charge is 0.398 e. The Morgan fingerprint density at radius 2 is 1.94 bits per heavy atom. The zero-order valence-corrected chi connectivity index (χ0v) is 7.99. The van der Waals surface area contributed by atoms with Crippen molar-refractivity contribution in [2.75, 3.05) is 0 Å². The molecule has 16 heavy (non-hydrogen) atoms. The Morgan fingerprint density at radius 3 is 2.38 bits per heavy atom. The third kappa shape index (κ3) is 2.84. The van der Waals surface area contributed by atoms with Gasteiger partial charge in [0.1, 0.15) is 0 Å². The molecule has 1 N–H and O–H groups in total. The second-order valence-electron chi connectivity index (χ2n) is 2.56. The fourth-order valence-electron chi connectivity index (χ4n) is 0.872. The third-order valence-corrected chi connectivity index (χ3v) is 1.76. The van der Waals surface area contributed by atoms with E-state index in [-0.39, 0.29) is 0 Å². The Bertz CT molecular complexity index is 441. The van der Waals surface area contributed by atoms with Crippen molar-refractivity contribution in [3.05, 3.63) is 27.1 Å². The van der Waals surface area contributed by atoms with Crippen molar-refractivity contribution in [2.24, 2.45) is 0 Å². The van der Waals surface area contributed by atoms with Crippen LogP contribution < -0.4 is 10.2 Å². The Kier molecular flexibility index (Phi) is 3.41. The summed E-state index contributed by atoms with van der Waals surface area (Å²) in [5, 5.41) is -0.799. The predicted octanol–water partition coefficient (Wildman–Crippen LogP) is 2.86. The number of nitrogens with one attached hydrogen (secondary N) is 1. The van der Waals surface area contributed by atoms with E-state index in [1.807, 2.05) is 4.98 Å². The van der Waals surface area contributed by atoms with Crippen molar-refractivity contribution >= 4 is 11.6 Å². The minimum atomic E-state index is -5.18. The van der Waals surface area contributed by atoms with Gasteiger partial charge >= 0.3 is 6.36 Å². The molecule has 9 heteroatoms. The van der Waals surface area contributed by atoms with Gasteiger partial charge in [0.15, 0.2) is 5.15 Å². The van der Waals surface area contributed by atoms with Crippen molar-refractivity contribution in [3.8, 4) is 5.75 Å². The highest BCUT2D eigenvalue weighted by molar-refractivity contribution is 6.30.